The van der Waals surface area contributed by atoms with Crippen LogP contribution in [0.3, 0.4) is 0 Å². The molecule has 0 fully saturated rings. The summed E-state index contributed by atoms with van der Waals surface area (Å²) in [4.78, 5) is 22.8. The highest BCUT2D eigenvalue weighted by Gasteiger charge is 2.14. The second-order valence-corrected chi connectivity index (χ2v) is 6.28. The molecule has 0 spiro atoms. The number of phenols is 1. The molecule has 1 amide bonds. The van der Waals surface area contributed by atoms with Gasteiger partial charge in [0, 0.05) is 34.4 Å². The molecule has 0 aliphatic carbocycles. The standard InChI is InChI=1S/C20H13ClN4O4/c21-16-8-7-13(9-18(16)25(28)29)23-11-12(10-22)20(27)24-17-5-1-4-15-14(17)3-2-6-19(15)26/h1-9,11,23,26H,(H,24,27)/b12-11-. The Bertz CT molecular complexity index is 1200. The molecule has 3 rings (SSSR count). The molecule has 0 saturated carbocycles. The Morgan fingerprint density at radius 2 is 1.90 bits per heavy atom. The van der Waals surface area contributed by atoms with Crippen molar-refractivity contribution in [3.8, 4) is 11.8 Å². The van der Waals surface area contributed by atoms with Gasteiger partial charge in [0.15, 0.2) is 0 Å². The van der Waals surface area contributed by atoms with Crippen molar-refractivity contribution in [2.24, 2.45) is 0 Å². The third kappa shape index (κ3) is 4.26. The Hall–Kier alpha value is -4.09. The van der Waals surface area contributed by atoms with Crippen LogP contribution in [0.2, 0.25) is 5.02 Å². The van der Waals surface area contributed by atoms with Crippen molar-refractivity contribution in [3.63, 3.8) is 0 Å². The van der Waals surface area contributed by atoms with Gasteiger partial charge in [-0.05, 0) is 24.3 Å². The van der Waals surface area contributed by atoms with E-state index in [0.717, 1.165) is 6.20 Å². The largest absolute Gasteiger partial charge is 0.507 e. The van der Waals surface area contributed by atoms with Gasteiger partial charge in [-0.1, -0.05) is 35.9 Å². The lowest BCUT2D eigenvalue weighted by atomic mass is 10.1. The maximum atomic E-state index is 12.5. The van der Waals surface area contributed by atoms with E-state index in [1.807, 2.05) is 0 Å². The van der Waals surface area contributed by atoms with Gasteiger partial charge in [0.2, 0.25) is 0 Å². The molecule has 3 N–H and O–H groups in total. The molecule has 0 aromatic heterocycles. The number of amides is 1. The molecule has 29 heavy (non-hydrogen) atoms. The summed E-state index contributed by atoms with van der Waals surface area (Å²) in [5.74, 6) is -0.611. The quantitative estimate of drug-likeness (QED) is 0.245. The van der Waals surface area contributed by atoms with Gasteiger partial charge >= 0.3 is 0 Å². The van der Waals surface area contributed by atoms with E-state index in [-0.39, 0.29) is 27.7 Å². The third-order valence-corrected chi connectivity index (χ3v) is 4.36. The second-order valence-electron chi connectivity index (χ2n) is 5.87. The highest BCUT2D eigenvalue weighted by atomic mass is 35.5. The predicted octanol–water partition coefficient (Wildman–Crippen LogP) is 4.57. The van der Waals surface area contributed by atoms with Crippen LogP contribution >= 0.6 is 11.6 Å². The summed E-state index contributed by atoms with van der Waals surface area (Å²) < 4.78 is 0. The first-order chi connectivity index (χ1) is 13.9. The first-order valence-corrected chi connectivity index (χ1v) is 8.61. The number of nitro groups is 1. The number of halogens is 1. The summed E-state index contributed by atoms with van der Waals surface area (Å²) >= 11 is 5.76. The number of carbonyl (C=O) groups is 1. The van der Waals surface area contributed by atoms with Crippen molar-refractivity contribution in [2.45, 2.75) is 0 Å². The van der Waals surface area contributed by atoms with E-state index in [9.17, 15) is 25.3 Å². The van der Waals surface area contributed by atoms with E-state index in [4.69, 9.17) is 11.6 Å². The van der Waals surface area contributed by atoms with E-state index >= 15 is 0 Å². The molecule has 0 atom stereocenters. The van der Waals surface area contributed by atoms with Crippen molar-refractivity contribution < 1.29 is 14.8 Å². The average molecular weight is 409 g/mol. The maximum absolute atomic E-state index is 12.5. The third-order valence-electron chi connectivity index (χ3n) is 4.04. The van der Waals surface area contributed by atoms with Crippen LogP contribution in [0.1, 0.15) is 0 Å². The molecular formula is C20H13ClN4O4. The van der Waals surface area contributed by atoms with E-state index in [1.54, 1.807) is 36.4 Å². The van der Waals surface area contributed by atoms with E-state index in [1.165, 1.54) is 24.3 Å². The summed E-state index contributed by atoms with van der Waals surface area (Å²) in [5, 5.41) is 36.6. The fourth-order valence-electron chi connectivity index (χ4n) is 2.64. The highest BCUT2D eigenvalue weighted by Crippen LogP contribution is 2.30. The molecular weight excluding hydrogens is 396 g/mol. The minimum Gasteiger partial charge on any atom is -0.507 e. The Kier molecular flexibility index (Phi) is 5.62. The van der Waals surface area contributed by atoms with Crippen molar-refractivity contribution in [3.05, 3.63) is 81.5 Å². The first-order valence-electron chi connectivity index (χ1n) is 8.23. The Morgan fingerprint density at radius 3 is 2.62 bits per heavy atom. The SMILES string of the molecule is N#C/C(=C/Nc1ccc(Cl)c([N+](=O)[O-])c1)C(=O)Nc1cccc2c(O)cccc12. The van der Waals surface area contributed by atoms with E-state index in [2.05, 4.69) is 10.6 Å². The van der Waals surface area contributed by atoms with Crippen LogP contribution < -0.4 is 10.6 Å². The van der Waals surface area contributed by atoms with Crippen LogP contribution in [-0.4, -0.2) is 15.9 Å². The molecule has 0 radical (unpaired) electrons. The number of nitro benzene ring substituents is 1. The maximum Gasteiger partial charge on any atom is 0.289 e. The summed E-state index contributed by atoms with van der Waals surface area (Å²) in [7, 11) is 0. The molecule has 0 aliphatic rings. The number of carbonyl (C=O) groups excluding carboxylic acids is 1. The zero-order valence-electron chi connectivity index (χ0n) is 14.7. The number of rotatable bonds is 5. The molecule has 0 aliphatic heterocycles. The van der Waals surface area contributed by atoms with Gasteiger partial charge in [0.1, 0.15) is 22.4 Å². The van der Waals surface area contributed by atoms with Gasteiger partial charge in [0.25, 0.3) is 11.6 Å². The van der Waals surface area contributed by atoms with Gasteiger partial charge < -0.3 is 15.7 Å². The number of aromatic hydroxyl groups is 1. The monoisotopic (exact) mass is 408 g/mol. The van der Waals surface area contributed by atoms with Gasteiger partial charge in [-0.15, -0.1) is 0 Å². The summed E-state index contributed by atoms with van der Waals surface area (Å²) in [6.07, 6.45) is 1.14. The predicted molar refractivity (Wildman–Crippen MR) is 110 cm³/mol. The van der Waals surface area contributed by atoms with E-state index < -0.39 is 10.8 Å². The van der Waals surface area contributed by atoms with Crippen LogP contribution in [-0.2, 0) is 4.79 Å². The Morgan fingerprint density at radius 1 is 1.17 bits per heavy atom. The lowest BCUT2D eigenvalue weighted by Gasteiger charge is -2.09. The molecule has 9 heteroatoms. The van der Waals surface area contributed by atoms with Crippen molar-refractivity contribution >= 4 is 45.3 Å². The lowest BCUT2D eigenvalue weighted by Crippen LogP contribution is -2.14. The Labute approximate surface area is 169 Å². The normalized spacial score (nSPS) is 11.0. The number of hydrogen-bond acceptors (Lipinski definition) is 6. The zero-order chi connectivity index (χ0) is 21.0. The number of nitrogens with zero attached hydrogens (tertiary/aromatic N) is 2. The van der Waals surface area contributed by atoms with E-state index in [0.29, 0.717) is 16.5 Å². The molecule has 0 bridgehead atoms. The van der Waals surface area contributed by atoms with Crippen LogP contribution in [0.5, 0.6) is 5.75 Å². The topological polar surface area (TPSA) is 128 Å². The number of hydrogen-bond donors (Lipinski definition) is 3. The fraction of sp³-hybridized carbons (Fsp3) is 0. The minimum absolute atomic E-state index is 0.0259. The summed E-state index contributed by atoms with van der Waals surface area (Å²) in [6, 6.07) is 15.7. The lowest BCUT2D eigenvalue weighted by molar-refractivity contribution is -0.384. The molecule has 3 aromatic rings. The van der Waals surface area contributed by atoms with Gasteiger partial charge in [-0.3, -0.25) is 14.9 Å². The number of nitriles is 1. The molecule has 0 saturated heterocycles. The Balaban J connectivity index is 1.83. The second kappa shape index (κ2) is 8.29. The number of benzene rings is 3. The fourth-order valence-corrected chi connectivity index (χ4v) is 2.83. The molecule has 8 nitrogen and oxygen atoms in total. The van der Waals surface area contributed by atoms with Gasteiger partial charge in [-0.2, -0.15) is 5.26 Å². The molecule has 144 valence electrons. The number of fused-ring (bicyclic) bond motifs is 1. The molecule has 0 heterocycles. The van der Waals surface area contributed by atoms with Crippen LogP contribution in [0.4, 0.5) is 17.1 Å². The molecule has 0 unspecified atom stereocenters. The van der Waals surface area contributed by atoms with Crippen molar-refractivity contribution in [1.29, 1.82) is 5.26 Å². The minimum atomic E-state index is -0.681. The summed E-state index contributed by atoms with van der Waals surface area (Å²) in [5.41, 5.74) is 0.159. The number of nitrogens with one attached hydrogen (secondary N) is 2. The van der Waals surface area contributed by atoms with Gasteiger partial charge in [0.05, 0.1) is 4.92 Å². The molecule has 3 aromatic carbocycles. The smallest absolute Gasteiger partial charge is 0.289 e. The zero-order valence-corrected chi connectivity index (χ0v) is 15.5. The first kappa shape index (κ1) is 19.7. The number of phenolic OH excluding ortho intramolecular Hbond substituents is 1. The highest BCUT2D eigenvalue weighted by molar-refractivity contribution is 6.32. The van der Waals surface area contributed by atoms with Crippen molar-refractivity contribution in [1.82, 2.24) is 0 Å². The van der Waals surface area contributed by atoms with Crippen LogP contribution in [0.15, 0.2) is 66.4 Å². The van der Waals surface area contributed by atoms with Crippen molar-refractivity contribution in [2.75, 3.05) is 10.6 Å². The number of anilines is 2. The average Bonchev–Trinajstić information content (AvgIpc) is 2.70. The summed E-state index contributed by atoms with van der Waals surface area (Å²) in [6.45, 7) is 0. The van der Waals surface area contributed by atoms with Crippen LogP contribution in [0.25, 0.3) is 10.8 Å². The van der Waals surface area contributed by atoms with Crippen LogP contribution in [0, 0.1) is 21.4 Å². The van der Waals surface area contributed by atoms with Gasteiger partial charge in [-0.25, -0.2) is 0 Å².